The lowest BCUT2D eigenvalue weighted by Gasteiger charge is -2.50. The van der Waals surface area contributed by atoms with E-state index in [1.807, 2.05) is 0 Å². The van der Waals surface area contributed by atoms with Gasteiger partial charge in [0.25, 0.3) is 11.8 Å². The highest BCUT2D eigenvalue weighted by atomic mass is 35.5. The molecular formula is C22H22B4ClF2N3O4. The second-order valence-electron chi connectivity index (χ2n) is 9.57. The van der Waals surface area contributed by atoms with Gasteiger partial charge in [-0.3, -0.25) is 19.2 Å². The van der Waals surface area contributed by atoms with Crippen LogP contribution in [0.25, 0.3) is 0 Å². The number of nitrogens with one attached hydrogen (secondary N) is 1. The number of hydrogen-bond donors (Lipinski definition) is 1. The van der Waals surface area contributed by atoms with Gasteiger partial charge in [-0.2, -0.15) is 8.78 Å². The van der Waals surface area contributed by atoms with E-state index in [4.69, 9.17) is 11.6 Å². The average molecular weight is 509 g/mol. The van der Waals surface area contributed by atoms with Crippen molar-refractivity contribution < 1.29 is 28.0 Å². The summed E-state index contributed by atoms with van der Waals surface area (Å²) >= 11 is 5.74. The maximum atomic E-state index is 14.6. The van der Waals surface area contributed by atoms with Crippen molar-refractivity contribution in [1.82, 2.24) is 15.0 Å². The first-order valence-corrected chi connectivity index (χ1v) is 11.9. The standard InChI is InChI=1S/C22H22B4ClF2N3O4/c23-15-16(24)21(25,20(36)32(26)18(15)34)31-9-11-7-10(1-6-14(11)17(31)33)8-30-19(35)22(28,29)12-2-4-13(27)5-3-12/h1-7,15-16H,8-9,23-26H2,(H,30,35). The van der Waals surface area contributed by atoms with Gasteiger partial charge in [0.2, 0.25) is 19.8 Å². The molecule has 36 heavy (non-hydrogen) atoms. The molecule has 182 valence electrons. The van der Waals surface area contributed by atoms with E-state index >= 15 is 0 Å². The Kier molecular flexibility index (Phi) is 6.58. The maximum Gasteiger partial charge on any atom is 0.349 e. The Labute approximate surface area is 215 Å². The minimum Gasteiger partial charge on any atom is -0.346 e. The first kappa shape index (κ1) is 26.0. The van der Waals surface area contributed by atoms with E-state index in [-0.39, 0.29) is 29.9 Å². The minimum absolute atomic E-state index is 0.123. The lowest BCUT2D eigenvalue weighted by Crippen LogP contribution is -2.68. The molecule has 0 spiro atoms. The fourth-order valence-corrected chi connectivity index (χ4v) is 5.07. The van der Waals surface area contributed by atoms with Crippen LogP contribution < -0.4 is 5.32 Å². The first-order valence-electron chi connectivity index (χ1n) is 11.5. The zero-order valence-corrected chi connectivity index (χ0v) is 21.0. The molecule has 1 N–H and O–H groups in total. The van der Waals surface area contributed by atoms with Gasteiger partial charge in [-0.15, -0.1) is 0 Å². The lowest BCUT2D eigenvalue weighted by atomic mass is 9.48. The molecule has 7 nitrogen and oxygen atoms in total. The summed E-state index contributed by atoms with van der Waals surface area (Å²) in [5.74, 6) is -7.16. The summed E-state index contributed by atoms with van der Waals surface area (Å²) in [6.07, 6.45) is 0. The van der Waals surface area contributed by atoms with Gasteiger partial charge in [0.15, 0.2) is 0 Å². The minimum atomic E-state index is -3.75. The van der Waals surface area contributed by atoms with Crippen molar-refractivity contribution in [2.24, 2.45) is 0 Å². The summed E-state index contributed by atoms with van der Waals surface area (Å²) in [5.41, 5.74) is -0.170. The molecule has 4 rings (SSSR count). The van der Waals surface area contributed by atoms with Gasteiger partial charge in [-0.25, -0.2) is 0 Å². The van der Waals surface area contributed by atoms with Crippen molar-refractivity contribution in [3.8, 4) is 0 Å². The zero-order valence-electron chi connectivity index (χ0n) is 20.3. The molecule has 0 aromatic heterocycles. The Bertz CT molecular complexity index is 1280. The molecule has 1 fully saturated rings. The number of alkyl halides is 2. The molecule has 2 aliphatic rings. The van der Waals surface area contributed by atoms with Gasteiger partial charge in [0, 0.05) is 35.1 Å². The number of imide groups is 1. The molecule has 2 aliphatic heterocycles. The Balaban J connectivity index is 1.51. The highest BCUT2D eigenvalue weighted by Gasteiger charge is 2.56. The fraction of sp³-hybridized carbons (Fsp3) is 0.273. The molecule has 1 saturated heterocycles. The summed E-state index contributed by atoms with van der Waals surface area (Å²) in [7, 11) is 6.61. The maximum absolute atomic E-state index is 14.6. The fourth-order valence-electron chi connectivity index (χ4n) is 4.94. The summed E-state index contributed by atoms with van der Waals surface area (Å²) in [6, 6.07) is 9.56. The number of carbonyl (C=O) groups is 4. The Morgan fingerprint density at radius 2 is 1.78 bits per heavy atom. The number of fused-ring (bicyclic) bond motifs is 1. The van der Waals surface area contributed by atoms with Gasteiger partial charge in [0.1, 0.15) is 23.5 Å². The van der Waals surface area contributed by atoms with Crippen LogP contribution in [0.15, 0.2) is 42.5 Å². The summed E-state index contributed by atoms with van der Waals surface area (Å²) < 4.78 is 29.1. The normalized spacial score (nSPS) is 24.1. The highest BCUT2D eigenvalue weighted by Crippen LogP contribution is 2.43. The van der Waals surface area contributed by atoms with Crippen LogP contribution in [0, 0.1) is 0 Å². The molecule has 14 heteroatoms. The Morgan fingerprint density at radius 1 is 1.14 bits per heavy atom. The number of halogens is 3. The van der Waals surface area contributed by atoms with Crippen molar-refractivity contribution in [3.63, 3.8) is 0 Å². The predicted octanol–water partition coefficient (Wildman–Crippen LogP) is -1.21. The van der Waals surface area contributed by atoms with Crippen LogP contribution in [0.2, 0.25) is 16.7 Å². The van der Waals surface area contributed by atoms with E-state index < -0.39 is 40.4 Å². The van der Waals surface area contributed by atoms with E-state index in [0.29, 0.717) is 16.7 Å². The molecule has 3 unspecified atom stereocenters. The predicted molar refractivity (Wildman–Crippen MR) is 140 cm³/mol. The second-order valence-corrected chi connectivity index (χ2v) is 10.0. The van der Waals surface area contributed by atoms with Gasteiger partial charge in [-0.1, -0.05) is 35.9 Å². The number of rotatable bonds is 5. The Hall–Kier alpha value is -3.07. The van der Waals surface area contributed by atoms with Crippen molar-refractivity contribution in [2.75, 3.05) is 0 Å². The Morgan fingerprint density at radius 3 is 2.42 bits per heavy atom. The van der Waals surface area contributed by atoms with Gasteiger partial charge in [-0.05, 0) is 35.1 Å². The second kappa shape index (κ2) is 9.10. The molecule has 2 aromatic rings. The molecule has 3 atom stereocenters. The summed E-state index contributed by atoms with van der Waals surface area (Å²) in [6.45, 7) is -0.0530. The molecule has 0 aliphatic carbocycles. The van der Waals surface area contributed by atoms with Crippen molar-refractivity contribution in [3.05, 3.63) is 69.7 Å². The molecule has 0 bridgehead atoms. The van der Waals surface area contributed by atoms with E-state index in [1.54, 1.807) is 41.7 Å². The summed E-state index contributed by atoms with van der Waals surface area (Å²) in [5, 5.41) is 2.53. The van der Waals surface area contributed by atoms with Crippen LogP contribution in [0.3, 0.4) is 0 Å². The van der Waals surface area contributed by atoms with Gasteiger partial charge < -0.3 is 15.0 Å². The molecule has 0 radical (unpaired) electrons. The lowest BCUT2D eigenvalue weighted by molar-refractivity contribution is -0.148. The van der Waals surface area contributed by atoms with Crippen LogP contribution >= 0.6 is 11.6 Å². The number of nitrogens with zero attached hydrogens (tertiary/aromatic N) is 2. The number of amides is 4. The largest absolute Gasteiger partial charge is 0.349 e. The van der Waals surface area contributed by atoms with E-state index in [1.165, 1.54) is 25.0 Å². The molecular weight excluding hydrogens is 487 g/mol. The van der Waals surface area contributed by atoms with Crippen LogP contribution in [-0.4, -0.2) is 70.3 Å². The third-order valence-corrected chi connectivity index (χ3v) is 7.83. The zero-order chi connectivity index (χ0) is 26.6. The van der Waals surface area contributed by atoms with E-state index in [9.17, 15) is 28.0 Å². The monoisotopic (exact) mass is 509 g/mol. The van der Waals surface area contributed by atoms with E-state index in [2.05, 4.69) is 5.32 Å². The number of piperidine rings is 1. The van der Waals surface area contributed by atoms with Crippen LogP contribution in [0.5, 0.6) is 0 Å². The third kappa shape index (κ3) is 4.03. The smallest absolute Gasteiger partial charge is 0.346 e. The van der Waals surface area contributed by atoms with Crippen LogP contribution in [0.1, 0.15) is 27.0 Å². The topological polar surface area (TPSA) is 86.8 Å². The van der Waals surface area contributed by atoms with Crippen LogP contribution in [0.4, 0.5) is 8.78 Å². The quantitative estimate of drug-likeness (QED) is 0.406. The first-order chi connectivity index (χ1) is 16.8. The van der Waals surface area contributed by atoms with Gasteiger partial charge >= 0.3 is 5.92 Å². The van der Waals surface area contributed by atoms with Crippen molar-refractivity contribution in [2.45, 2.75) is 36.1 Å². The average Bonchev–Trinajstić information content (AvgIpc) is 3.19. The number of hydrogen-bond acceptors (Lipinski definition) is 4. The van der Waals surface area contributed by atoms with Crippen molar-refractivity contribution >= 4 is 66.7 Å². The molecule has 2 aromatic carbocycles. The van der Waals surface area contributed by atoms with E-state index in [0.717, 1.165) is 16.9 Å². The highest BCUT2D eigenvalue weighted by molar-refractivity contribution is 6.47. The van der Waals surface area contributed by atoms with Gasteiger partial charge in [0.05, 0.1) is 5.44 Å². The summed E-state index contributed by atoms with van der Waals surface area (Å²) in [4.78, 5) is 53.6. The molecule has 0 saturated carbocycles. The SMILES string of the molecule is BC1C(=O)N(B)C(=O)C(B)(N2Cc3cc(CNC(=O)C(F)(F)c4ccc(Cl)cc4)ccc3C2=O)C1B. The molecule has 2 heterocycles. The van der Waals surface area contributed by atoms with Crippen LogP contribution in [-0.2, 0) is 33.4 Å². The van der Waals surface area contributed by atoms with Crippen molar-refractivity contribution in [1.29, 1.82) is 0 Å². The number of carbonyl (C=O) groups excluding carboxylic acids is 4. The number of benzene rings is 2. The molecule has 4 amide bonds. The third-order valence-electron chi connectivity index (χ3n) is 7.57.